The summed E-state index contributed by atoms with van der Waals surface area (Å²) in [7, 11) is 0. The highest BCUT2D eigenvalue weighted by Gasteiger charge is 2.36. The van der Waals surface area contributed by atoms with Gasteiger partial charge in [0.25, 0.3) is 5.91 Å². The smallest absolute Gasteiger partial charge is 0.407 e. The molecule has 0 unspecified atom stereocenters. The molecule has 0 radical (unpaired) electrons. The molecule has 2 aromatic carbocycles. The Morgan fingerprint density at radius 1 is 0.909 bits per heavy atom. The summed E-state index contributed by atoms with van der Waals surface area (Å²) in [6.07, 6.45) is 2.27. The van der Waals surface area contributed by atoms with E-state index in [-0.39, 0.29) is 11.8 Å². The van der Waals surface area contributed by atoms with Crippen LogP contribution in [0, 0.1) is 0 Å². The molecule has 1 N–H and O–H groups in total. The van der Waals surface area contributed by atoms with Gasteiger partial charge in [-0.3, -0.25) is 4.79 Å². The molecule has 2 aliphatic rings. The van der Waals surface area contributed by atoms with E-state index in [1.807, 2.05) is 35.2 Å². The minimum absolute atomic E-state index is 0.0441. The van der Waals surface area contributed by atoms with Gasteiger partial charge in [0.1, 0.15) is 0 Å². The van der Waals surface area contributed by atoms with Gasteiger partial charge in [-0.2, -0.15) is 5.10 Å². The van der Waals surface area contributed by atoms with Crippen molar-refractivity contribution in [2.24, 2.45) is 0 Å². The first kappa shape index (κ1) is 21.5. The van der Waals surface area contributed by atoms with Gasteiger partial charge in [0.2, 0.25) is 0 Å². The SMILES string of the molecule is O=C(O)N1CC[C@@H](c2c(C(=O)N3CC[C@H](c4ccccc4)C3)cnn2-c2ccc(Cl)cc2)C1. The second kappa shape index (κ2) is 8.90. The molecule has 2 saturated heterocycles. The summed E-state index contributed by atoms with van der Waals surface area (Å²) in [5, 5.41) is 14.6. The van der Waals surface area contributed by atoms with Crippen molar-refractivity contribution in [2.45, 2.75) is 24.7 Å². The lowest BCUT2D eigenvalue weighted by atomic mass is 9.98. The van der Waals surface area contributed by atoms with Crippen LogP contribution in [0.1, 0.15) is 46.3 Å². The monoisotopic (exact) mass is 464 g/mol. The minimum Gasteiger partial charge on any atom is -0.465 e. The number of carbonyl (C=O) groups is 2. The van der Waals surface area contributed by atoms with Crippen LogP contribution in [0.2, 0.25) is 5.02 Å². The summed E-state index contributed by atoms with van der Waals surface area (Å²) in [6, 6.07) is 17.6. The van der Waals surface area contributed by atoms with E-state index in [0.29, 0.717) is 49.1 Å². The predicted molar refractivity (Wildman–Crippen MR) is 125 cm³/mol. The van der Waals surface area contributed by atoms with E-state index >= 15 is 0 Å². The number of amides is 2. The second-order valence-electron chi connectivity index (χ2n) is 8.69. The molecule has 0 aliphatic carbocycles. The number of rotatable bonds is 4. The number of carboxylic acid groups (broad SMARTS) is 1. The molecule has 3 aromatic rings. The molecule has 0 bridgehead atoms. The van der Waals surface area contributed by atoms with Crippen LogP contribution in [-0.2, 0) is 0 Å². The Balaban J connectivity index is 1.46. The van der Waals surface area contributed by atoms with Crippen LogP contribution in [0.25, 0.3) is 5.69 Å². The van der Waals surface area contributed by atoms with E-state index in [2.05, 4.69) is 17.2 Å². The van der Waals surface area contributed by atoms with Crippen molar-refractivity contribution >= 4 is 23.6 Å². The van der Waals surface area contributed by atoms with Gasteiger partial charge in [0.05, 0.1) is 23.1 Å². The third-order valence-corrected chi connectivity index (χ3v) is 6.95. The average Bonchev–Trinajstić information content (AvgIpc) is 3.59. The van der Waals surface area contributed by atoms with E-state index in [9.17, 15) is 14.7 Å². The summed E-state index contributed by atoms with van der Waals surface area (Å²) in [5.41, 5.74) is 3.37. The molecule has 8 heteroatoms. The molecule has 2 amide bonds. The Hall–Kier alpha value is -3.32. The first-order chi connectivity index (χ1) is 16.0. The standard InChI is InChI=1S/C25H25ClN4O3/c26-20-6-8-21(9-7-20)30-23(19-11-13-29(16-19)25(32)33)22(14-27-30)24(31)28-12-10-18(15-28)17-4-2-1-3-5-17/h1-9,14,18-19H,10-13,15-16H2,(H,32,33)/t18-,19+/m0/s1. The number of nitrogens with zero attached hydrogens (tertiary/aromatic N) is 4. The van der Waals surface area contributed by atoms with E-state index in [1.54, 1.807) is 23.0 Å². The van der Waals surface area contributed by atoms with Crippen molar-refractivity contribution < 1.29 is 14.7 Å². The van der Waals surface area contributed by atoms with Crippen LogP contribution in [0.3, 0.4) is 0 Å². The molecular weight excluding hydrogens is 440 g/mol. The van der Waals surface area contributed by atoms with Crippen molar-refractivity contribution in [1.82, 2.24) is 19.6 Å². The third kappa shape index (κ3) is 4.20. The zero-order valence-corrected chi connectivity index (χ0v) is 18.9. The maximum absolute atomic E-state index is 13.6. The molecular formula is C25H25ClN4O3. The highest BCUT2D eigenvalue weighted by Crippen LogP contribution is 2.34. The largest absolute Gasteiger partial charge is 0.465 e. The Kier molecular flexibility index (Phi) is 5.81. The minimum atomic E-state index is -0.937. The lowest BCUT2D eigenvalue weighted by molar-refractivity contribution is 0.0789. The number of halogens is 1. The molecule has 5 rings (SSSR count). The van der Waals surface area contributed by atoms with E-state index in [1.165, 1.54) is 10.5 Å². The van der Waals surface area contributed by atoms with Crippen molar-refractivity contribution in [3.8, 4) is 5.69 Å². The maximum atomic E-state index is 13.6. The van der Waals surface area contributed by atoms with Gasteiger partial charge in [0, 0.05) is 43.0 Å². The second-order valence-corrected chi connectivity index (χ2v) is 9.13. The van der Waals surface area contributed by atoms with Crippen LogP contribution >= 0.6 is 11.6 Å². The summed E-state index contributed by atoms with van der Waals surface area (Å²) in [6.45, 7) is 2.15. The first-order valence-electron chi connectivity index (χ1n) is 11.2. The summed E-state index contributed by atoms with van der Waals surface area (Å²) >= 11 is 6.06. The lowest BCUT2D eigenvalue weighted by Gasteiger charge is -2.20. The lowest BCUT2D eigenvalue weighted by Crippen LogP contribution is -2.30. The van der Waals surface area contributed by atoms with Gasteiger partial charge < -0.3 is 14.9 Å². The highest BCUT2D eigenvalue weighted by atomic mass is 35.5. The zero-order chi connectivity index (χ0) is 22.9. The normalized spacial score (nSPS) is 20.4. The van der Waals surface area contributed by atoms with Crippen molar-refractivity contribution in [2.75, 3.05) is 26.2 Å². The summed E-state index contributed by atoms with van der Waals surface area (Å²) in [5.74, 6) is 0.169. The fourth-order valence-corrected chi connectivity index (χ4v) is 5.10. The highest BCUT2D eigenvalue weighted by molar-refractivity contribution is 6.30. The van der Waals surface area contributed by atoms with E-state index in [0.717, 1.165) is 17.8 Å². The Morgan fingerprint density at radius 3 is 2.27 bits per heavy atom. The van der Waals surface area contributed by atoms with Crippen molar-refractivity contribution in [3.05, 3.63) is 82.6 Å². The van der Waals surface area contributed by atoms with Gasteiger partial charge in [-0.25, -0.2) is 9.48 Å². The molecule has 1 aromatic heterocycles. The molecule has 7 nitrogen and oxygen atoms in total. The molecule has 2 atom stereocenters. The molecule has 0 spiro atoms. The topological polar surface area (TPSA) is 78.7 Å². The Labute approximate surface area is 197 Å². The van der Waals surface area contributed by atoms with Crippen LogP contribution in [0.4, 0.5) is 4.79 Å². The summed E-state index contributed by atoms with van der Waals surface area (Å²) < 4.78 is 1.77. The molecule has 0 saturated carbocycles. The number of likely N-dealkylation sites (tertiary alicyclic amines) is 2. The average molecular weight is 465 g/mol. The maximum Gasteiger partial charge on any atom is 0.407 e. The molecule has 33 heavy (non-hydrogen) atoms. The van der Waals surface area contributed by atoms with Gasteiger partial charge in [-0.05, 0) is 42.7 Å². The fourth-order valence-electron chi connectivity index (χ4n) is 4.97. The van der Waals surface area contributed by atoms with Crippen LogP contribution in [0.15, 0.2) is 60.8 Å². The van der Waals surface area contributed by atoms with Crippen LogP contribution < -0.4 is 0 Å². The number of hydrogen-bond acceptors (Lipinski definition) is 3. The van der Waals surface area contributed by atoms with Crippen molar-refractivity contribution in [1.29, 1.82) is 0 Å². The van der Waals surface area contributed by atoms with Crippen LogP contribution in [0.5, 0.6) is 0 Å². The Bertz CT molecular complexity index is 1160. The number of aromatic nitrogens is 2. The number of carbonyl (C=O) groups excluding carboxylic acids is 1. The number of hydrogen-bond donors (Lipinski definition) is 1. The molecule has 2 aliphatic heterocycles. The fraction of sp³-hybridized carbons (Fsp3) is 0.320. The zero-order valence-electron chi connectivity index (χ0n) is 18.1. The van der Waals surface area contributed by atoms with Gasteiger partial charge in [0.15, 0.2) is 0 Å². The van der Waals surface area contributed by atoms with Gasteiger partial charge in [-0.15, -0.1) is 0 Å². The molecule has 3 heterocycles. The van der Waals surface area contributed by atoms with Gasteiger partial charge in [-0.1, -0.05) is 41.9 Å². The number of benzene rings is 2. The van der Waals surface area contributed by atoms with Crippen LogP contribution in [-0.4, -0.2) is 62.9 Å². The van der Waals surface area contributed by atoms with E-state index in [4.69, 9.17) is 11.6 Å². The third-order valence-electron chi connectivity index (χ3n) is 6.70. The Morgan fingerprint density at radius 2 is 1.58 bits per heavy atom. The molecule has 2 fully saturated rings. The quantitative estimate of drug-likeness (QED) is 0.611. The predicted octanol–water partition coefficient (Wildman–Crippen LogP) is 4.62. The van der Waals surface area contributed by atoms with E-state index < -0.39 is 6.09 Å². The first-order valence-corrected chi connectivity index (χ1v) is 11.5. The molecule has 170 valence electrons. The van der Waals surface area contributed by atoms with Crippen molar-refractivity contribution in [3.63, 3.8) is 0 Å². The summed E-state index contributed by atoms with van der Waals surface area (Å²) in [4.78, 5) is 28.5. The van der Waals surface area contributed by atoms with Gasteiger partial charge >= 0.3 is 6.09 Å².